The molecule has 0 N–H and O–H groups in total. The monoisotopic (exact) mass is 792 g/mol. The van der Waals surface area contributed by atoms with Gasteiger partial charge in [-0.2, -0.15) is 0 Å². The van der Waals surface area contributed by atoms with Crippen LogP contribution in [0.1, 0.15) is 18.4 Å². The lowest BCUT2D eigenvalue weighted by molar-refractivity contribution is 1.04. The van der Waals surface area contributed by atoms with Gasteiger partial charge in [0.2, 0.25) is 0 Å². The molecule has 0 unspecified atom stereocenters. The summed E-state index contributed by atoms with van der Waals surface area (Å²) >= 11 is 0. The van der Waals surface area contributed by atoms with Crippen LogP contribution in [0, 0.1) is 0 Å². The van der Waals surface area contributed by atoms with E-state index in [-0.39, 0.29) is 0 Å². The Morgan fingerprint density at radius 3 is 1.35 bits per heavy atom. The predicted octanol–water partition coefficient (Wildman–Crippen LogP) is 16.7. The number of allylic oxidation sites excluding steroid dienone is 4. The molecule has 0 amide bonds. The predicted molar refractivity (Wildman–Crippen MR) is 264 cm³/mol. The van der Waals surface area contributed by atoms with E-state index in [0.717, 1.165) is 35.6 Å². The lowest BCUT2D eigenvalue weighted by atomic mass is 9.96. The highest BCUT2D eigenvalue weighted by molar-refractivity contribution is 6.09. The summed E-state index contributed by atoms with van der Waals surface area (Å²) in [5.74, 6) is 0. The Hall–Kier alpha value is -7.94. The fourth-order valence-corrected chi connectivity index (χ4v) is 9.07. The van der Waals surface area contributed by atoms with Gasteiger partial charge in [-0.05, 0) is 135 Å². The first-order chi connectivity index (χ1) is 30.7. The minimum absolute atomic E-state index is 1.09. The number of para-hydroxylation sites is 2. The first kappa shape index (κ1) is 37.1. The first-order valence-corrected chi connectivity index (χ1v) is 21.6. The third kappa shape index (κ3) is 7.12. The number of hydrogen-bond acceptors (Lipinski definition) is 1. The number of fused-ring (bicyclic) bond motifs is 3. The van der Waals surface area contributed by atoms with Gasteiger partial charge in [0.05, 0.1) is 11.0 Å². The van der Waals surface area contributed by atoms with Crippen molar-refractivity contribution in [2.24, 2.45) is 0 Å². The number of nitrogens with zero attached hydrogens (tertiary/aromatic N) is 2. The van der Waals surface area contributed by atoms with E-state index in [9.17, 15) is 0 Å². The summed E-state index contributed by atoms with van der Waals surface area (Å²) < 4.78 is 2.37. The zero-order valence-electron chi connectivity index (χ0n) is 34.4. The molecule has 1 aromatic heterocycles. The standard InChI is InChI=1S/C60H44N2/c1-3-13-43(14-4-1)45-29-35-53(36-30-45)61(54-37-31-46(32-38-54)44-15-5-2-6-16-44)56-20-12-19-52(42-56)48-27-25-47(26-28-48)50-17-11-18-51(41-50)49-33-39-55(40-34-49)62-59-23-9-7-21-57(59)58-22-8-10-24-60(58)62/h1,3-5,7-42H,2,6H2. The average molecular weight is 793 g/mol. The normalized spacial score (nSPS) is 12.4. The van der Waals surface area contributed by atoms with Crippen molar-refractivity contribution in [2.75, 3.05) is 4.90 Å². The van der Waals surface area contributed by atoms with E-state index >= 15 is 0 Å². The van der Waals surface area contributed by atoms with Gasteiger partial charge in [0, 0.05) is 33.5 Å². The second kappa shape index (κ2) is 16.3. The van der Waals surface area contributed by atoms with E-state index in [1.54, 1.807) is 0 Å². The third-order valence-corrected chi connectivity index (χ3v) is 12.2. The van der Waals surface area contributed by atoms with Gasteiger partial charge >= 0.3 is 0 Å². The molecule has 2 nitrogen and oxygen atoms in total. The molecule has 0 aliphatic heterocycles. The molecule has 11 rings (SSSR count). The van der Waals surface area contributed by atoms with Gasteiger partial charge in [-0.1, -0.05) is 176 Å². The number of hydrogen-bond donors (Lipinski definition) is 0. The van der Waals surface area contributed by atoms with Crippen molar-refractivity contribution >= 4 is 44.4 Å². The van der Waals surface area contributed by atoms with Gasteiger partial charge in [-0.25, -0.2) is 0 Å². The second-order valence-corrected chi connectivity index (χ2v) is 16.1. The third-order valence-electron chi connectivity index (χ3n) is 12.2. The fourth-order valence-electron chi connectivity index (χ4n) is 9.07. The zero-order chi connectivity index (χ0) is 41.2. The van der Waals surface area contributed by atoms with Crippen LogP contribution in [0.2, 0.25) is 0 Å². The van der Waals surface area contributed by atoms with Crippen LogP contribution in [0.15, 0.2) is 243 Å². The smallest absolute Gasteiger partial charge is 0.0541 e. The van der Waals surface area contributed by atoms with Gasteiger partial charge in [0.25, 0.3) is 0 Å². The van der Waals surface area contributed by atoms with Crippen LogP contribution in [0.5, 0.6) is 0 Å². The van der Waals surface area contributed by atoms with Crippen molar-refractivity contribution in [3.8, 4) is 50.2 Å². The highest BCUT2D eigenvalue weighted by Crippen LogP contribution is 2.39. The average Bonchev–Trinajstić information content (AvgIpc) is 3.70. The molecule has 62 heavy (non-hydrogen) atoms. The van der Waals surface area contributed by atoms with E-state index < -0.39 is 0 Å². The molecule has 10 aromatic rings. The Kier molecular flexibility index (Phi) is 9.72. The second-order valence-electron chi connectivity index (χ2n) is 16.1. The van der Waals surface area contributed by atoms with Crippen LogP contribution in [0.3, 0.4) is 0 Å². The number of rotatable bonds is 9. The van der Waals surface area contributed by atoms with Crippen molar-refractivity contribution in [2.45, 2.75) is 12.8 Å². The summed E-state index contributed by atoms with van der Waals surface area (Å²) in [4.78, 5) is 2.36. The topological polar surface area (TPSA) is 8.17 Å². The van der Waals surface area contributed by atoms with Crippen LogP contribution in [-0.2, 0) is 0 Å². The molecule has 294 valence electrons. The molecule has 1 heterocycles. The summed E-state index contributed by atoms with van der Waals surface area (Å²) in [5, 5.41) is 2.55. The Morgan fingerprint density at radius 1 is 0.323 bits per heavy atom. The van der Waals surface area contributed by atoms with Gasteiger partial charge < -0.3 is 9.47 Å². The summed E-state index contributed by atoms with van der Waals surface area (Å²) in [6, 6.07) is 81.6. The molecular weight excluding hydrogens is 749 g/mol. The SMILES string of the molecule is C1=CC(c2ccc(N(c3ccc(-c4ccccc4)cc3)c3cccc(-c4ccc(-c5cccc(-c6ccc(-n7c8ccccc8c8ccccc87)cc6)c5)cc4)c3)cc2)=CCC1. The van der Waals surface area contributed by atoms with E-state index in [1.807, 2.05) is 0 Å². The van der Waals surface area contributed by atoms with Crippen LogP contribution < -0.4 is 4.90 Å². The van der Waals surface area contributed by atoms with Crippen molar-refractivity contribution in [3.05, 3.63) is 248 Å². The Bertz CT molecular complexity index is 3190. The first-order valence-electron chi connectivity index (χ1n) is 21.6. The quantitative estimate of drug-likeness (QED) is 0.141. The van der Waals surface area contributed by atoms with Crippen molar-refractivity contribution in [3.63, 3.8) is 0 Å². The molecule has 0 saturated heterocycles. The summed E-state index contributed by atoms with van der Waals surface area (Å²) in [5.41, 5.74) is 19.0. The highest BCUT2D eigenvalue weighted by atomic mass is 15.1. The van der Waals surface area contributed by atoms with E-state index in [1.165, 1.54) is 77.5 Å². The van der Waals surface area contributed by atoms with Crippen molar-refractivity contribution < 1.29 is 0 Å². The summed E-state index contributed by atoms with van der Waals surface area (Å²) in [6.45, 7) is 0. The Labute approximate surface area is 363 Å². The van der Waals surface area contributed by atoms with Crippen molar-refractivity contribution in [1.29, 1.82) is 0 Å². The largest absolute Gasteiger partial charge is 0.310 e. The molecular formula is C60H44N2. The molecule has 1 aliphatic rings. The molecule has 2 heteroatoms. The van der Waals surface area contributed by atoms with E-state index in [4.69, 9.17) is 0 Å². The number of benzene rings is 9. The van der Waals surface area contributed by atoms with Gasteiger partial charge in [-0.15, -0.1) is 0 Å². The van der Waals surface area contributed by atoms with Crippen LogP contribution in [0.4, 0.5) is 17.1 Å². The van der Waals surface area contributed by atoms with Crippen molar-refractivity contribution in [1.82, 2.24) is 4.57 Å². The van der Waals surface area contributed by atoms with Crippen LogP contribution in [-0.4, -0.2) is 4.57 Å². The molecule has 0 saturated carbocycles. The fraction of sp³-hybridized carbons (Fsp3) is 0.0333. The molecule has 1 aliphatic carbocycles. The highest BCUT2D eigenvalue weighted by Gasteiger charge is 2.16. The van der Waals surface area contributed by atoms with Crippen LogP contribution in [0.25, 0.3) is 77.6 Å². The summed E-state index contributed by atoms with van der Waals surface area (Å²) in [6.07, 6.45) is 9.06. The minimum atomic E-state index is 1.09. The maximum atomic E-state index is 2.37. The zero-order valence-corrected chi connectivity index (χ0v) is 34.4. The van der Waals surface area contributed by atoms with Gasteiger partial charge in [0.1, 0.15) is 0 Å². The maximum Gasteiger partial charge on any atom is 0.0541 e. The molecule has 0 atom stereocenters. The molecule has 9 aromatic carbocycles. The summed E-state index contributed by atoms with van der Waals surface area (Å²) in [7, 11) is 0. The maximum absolute atomic E-state index is 2.37. The number of anilines is 3. The molecule has 0 radical (unpaired) electrons. The minimum Gasteiger partial charge on any atom is -0.310 e. The molecule has 0 fully saturated rings. The van der Waals surface area contributed by atoms with E-state index in [2.05, 4.69) is 252 Å². The number of aromatic nitrogens is 1. The lowest BCUT2D eigenvalue weighted by Gasteiger charge is -2.26. The Balaban J connectivity index is 0.877. The van der Waals surface area contributed by atoms with Gasteiger partial charge in [0.15, 0.2) is 0 Å². The Morgan fingerprint density at radius 2 is 0.774 bits per heavy atom. The molecule has 0 bridgehead atoms. The van der Waals surface area contributed by atoms with Crippen LogP contribution >= 0.6 is 0 Å². The van der Waals surface area contributed by atoms with Gasteiger partial charge in [-0.3, -0.25) is 0 Å². The molecule has 0 spiro atoms. The van der Waals surface area contributed by atoms with E-state index in [0.29, 0.717) is 0 Å². The lowest BCUT2D eigenvalue weighted by Crippen LogP contribution is -2.10.